The van der Waals surface area contributed by atoms with Crippen molar-refractivity contribution in [1.29, 1.82) is 0 Å². The van der Waals surface area contributed by atoms with Crippen molar-refractivity contribution in [1.82, 2.24) is 9.97 Å². The van der Waals surface area contributed by atoms with Crippen LogP contribution in [0.3, 0.4) is 0 Å². The first-order valence-corrected chi connectivity index (χ1v) is 19.8. The summed E-state index contributed by atoms with van der Waals surface area (Å²) in [5, 5.41) is 11.0. The third kappa shape index (κ3) is 6.00. The molecule has 3 aromatic heterocycles. The van der Waals surface area contributed by atoms with Crippen LogP contribution < -0.4 is 5.19 Å². The number of pyridine rings is 2. The van der Waals surface area contributed by atoms with Crippen LogP contribution in [-0.4, -0.2) is 18.0 Å². The molecule has 0 saturated carbocycles. The number of aryl methyl sites for hydroxylation is 1. The molecule has 0 fully saturated rings. The minimum atomic E-state index is -1.23. The van der Waals surface area contributed by atoms with E-state index in [1.807, 2.05) is 48.8 Å². The summed E-state index contributed by atoms with van der Waals surface area (Å²) in [6.07, 6.45) is 3.86. The van der Waals surface area contributed by atoms with Gasteiger partial charge in [-0.05, 0) is 56.5 Å². The van der Waals surface area contributed by atoms with E-state index >= 15 is 0 Å². The quantitative estimate of drug-likeness (QED) is 0.101. The summed E-state index contributed by atoms with van der Waals surface area (Å²) in [5.74, 6) is 0. The van der Waals surface area contributed by atoms with Crippen LogP contribution in [0.25, 0.3) is 76.8 Å². The molecule has 0 unspecified atom stereocenters. The van der Waals surface area contributed by atoms with Crippen molar-refractivity contribution < 1.29 is 24.5 Å². The molecule has 3 heterocycles. The van der Waals surface area contributed by atoms with Crippen LogP contribution in [-0.2, 0) is 20.1 Å². The Kier molecular flexibility index (Phi) is 8.76. The Morgan fingerprint density at radius 3 is 1.88 bits per heavy atom. The van der Waals surface area contributed by atoms with Crippen molar-refractivity contribution in [3.63, 3.8) is 0 Å². The van der Waals surface area contributed by atoms with Crippen LogP contribution in [0.5, 0.6) is 0 Å². The second-order valence-corrected chi connectivity index (χ2v) is 18.4. The molecule has 241 valence electrons. The molecule has 0 bridgehead atoms. The summed E-state index contributed by atoms with van der Waals surface area (Å²) in [4.78, 5) is 9.11. The molecule has 0 aliphatic heterocycles. The summed E-state index contributed by atoms with van der Waals surface area (Å²) in [6.45, 7) is 9.07. The van der Waals surface area contributed by atoms with Gasteiger partial charge in [0, 0.05) is 43.3 Å². The zero-order valence-corrected chi connectivity index (χ0v) is 31.2. The molecular weight excluding hydrogens is 793 g/mol. The Morgan fingerprint density at radius 2 is 1.22 bits per heavy atom. The van der Waals surface area contributed by atoms with Gasteiger partial charge in [-0.25, -0.2) is 0 Å². The van der Waals surface area contributed by atoms with Crippen molar-refractivity contribution in [2.45, 2.75) is 26.6 Å². The van der Waals surface area contributed by atoms with Crippen LogP contribution in [0.4, 0.5) is 0 Å². The normalized spacial score (nSPS) is 11.5. The SMILES string of the molecule is C[Si](C)(C)c1ccc(-c2[c-]cccc2)nc1.Cc1ccnc(-c2[c-]ccc3c2oc2c3ccc3c4ccccc4c4ccccc4c32)c1.[Ir]. The average Bonchev–Trinajstić information content (AvgIpc) is 3.51. The molecule has 0 atom stereocenters. The number of nitrogens with zero attached hydrogens (tertiary/aromatic N) is 2. The van der Waals surface area contributed by atoms with Crippen LogP contribution >= 0.6 is 0 Å². The maximum Gasteiger partial charge on any atom is 0.129 e. The third-order valence-corrected chi connectivity index (χ3v) is 11.1. The number of rotatable bonds is 3. The van der Waals surface area contributed by atoms with Crippen LogP contribution in [0.1, 0.15) is 5.56 Å². The van der Waals surface area contributed by atoms with Gasteiger partial charge in [0.2, 0.25) is 0 Å². The Labute approximate surface area is 301 Å². The van der Waals surface area contributed by atoms with Gasteiger partial charge in [0.1, 0.15) is 5.58 Å². The number of furan rings is 1. The topological polar surface area (TPSA) is 38.9 Å². The van der Waals surface area contributed by atoms with Gasteiger partial charge in [-0.3, -0.25) is 0 Å². The second-order valence-electron chi connectivity index (χ2n) is 13.3. The zero-order chi connectivity index (χ0) is 32.8. The molecule has 0 aliphatic carbocycles. The van der Waals surface area contributed by atoms with Crippen molar-refractivity contribution in [2.75, 3.05) is 0 Å². The molecule has 3 nitrogen and oxygen atoms in total. The van der Waals surface area contributed by atoms with Crippen LogP contribution in [0.2, 0.25) is 19.6 Å². The van der Waals surface area contributed by atoms with Gasteiger partial charge in [0.05, 0.1) is 13.7 Å². The Balaban J connectivity index is 0.000000189. The van der Waals surface area contributed by atoms with Crippen molar-refractivity contribution in [3.8, 4) is 22.5 Å². The van der Waals surface area contributed by atoms with Crippen molar-refractivity contribution in [2.24, 2.45) is 0 Å². The third-order valence-electron chi connectivity index (χ3n) is 9.09. The smallest absolute Gasteiger partial charge is 0.129 e. The van der Waals surface area contributed by atoms with Crippen molar-refractivity contribution >= 4 is 67.5 Å². The van der Waals surface area contributed by atoms with Gasteiger partial charge >= 0.3 is 0 Å². The molecule has 9 aromatic rings. The summed E-state index contributed by atoms with van der Waals surface area (Å²) in [7, 11) is -1.23. The van der Waals surface area contributed by atoms with Gasteiger partial charge in [0.25, 0.3) is 0 Å². The molecule has 0 spiro atoms. The fourth-order valence-electron chi connectivity index (χ4n) is 6.60. The second kappa shape index (κ2) is 13.2. The number of benzene rings is 6. The van der Waals surface area contributed by atoms with E-state index in [2.05, 4.69) is 134 Å². The van der Waals surface area contributed by atoms with E-state index in [4.69, 9.17) is 4.42 Å². The number of aromatic nitrogens is 2. The minimum absolute atomic E-state index is 0. The van der Waals surface area contributed by atoms with Crippen molar-refractivity contribution in [3.05, 3.63) is 151 Å². The van der Waals surface area contributed by atoms with E-state index < -0.39 is 8.07 Å². The van der Waals surface area contributed by atoms with Gasteiger partial charge in [-0.2, -0.15) is 0 Å². The molecule has 6 aromatic carbocycles. The fourth-order valence-corrected chi connectivity index (χ4v) is 7.63. The van der Waals surface area contributed by atoms with Crippen LogP contribution in [0, 0.1) is 19.1 Å². The monoisotopic (exact) mass is 827 g/mol. The number of hydrogen-bond acceptors (Lipinski definition) is 3. The standard InChI is InChI=1S/C30H18NO.C14H16NSi.Ir/c1-18-15-16-31-27(17-18)26-12-6-11-24-25-14-13-23-21-9-3-2-7-19(21)20-8-4-5-10-22(20)28(23)30(25)32-29(24)26;1-16(2,3)13-9-10-14(15-11-13)12-7-5-4-6-8-12;/h2-11,13-17H,1H3;4-7,9-11H,1-3H3;/q2*-1;. The molecule has 0 aliphatic rings. The maximum absolute atomic E-state index is 6.68. The van der Waals surface area contributed by atoms with E-state index in [0.29, 0.717) is 0 Å². The van der Waals surface area contributed by atoms with E-state index in [1.54, 1.807) is 0 Å². The Hall–Kier alpha value is -4.93. The number of hydrogen-bond donors (Lipinski definition) is 0. The predicted octanol–water partition coefficient (Wildman–Crippen LogP) is 11.3. The first-order chi connectivity index (χ1) is 23.4. The summed E-state index contributed by atoms with van der Waals surface area (Å²) < 4.78 is 6.68. The van der Waals surface area contributed by atoms with E-state index in [1.165, 1.54) is 37.7 Å². The van der Waals surface area contributed by atoms with Gasteiger partial charge in [-0.15, -0.1) is 54.1 Å². The Morgan fingerprint density at radius 1 is 0.571 bits per heavy atom. The molecule has 0 amide bonds. The molecule has 0 saturated heterocycles. The van der Waals surface area contributed by atoms with E-state index in [9.17, 15) is 0 Å². The molecular formula is C44H34IrN2OSi-2. The first kappa shape index (κ1) is 32.6. The fraction of sp³-hybridized carbons (Fsp3) is 0.0909. The summed E-state index contributed by atoms with van der Waals surface area (Å²) in [6, 6.07) is 48.6. The molecule has 1 radical (unpaired) electrons. The molecule has 9 rings (SSSR count). The Bertz CT molecular complexity index is 2570. The summed E-state index contributed by atoms with van der Waals surface area (Å²) in [5.41, 5.74) is 6.78. The van der Waals surface area contributed by atoms with Gasteiger partial charge in [0.15, 0.2) is 0 Å². The average molecular weight is 827 g/mol. The van der Waals surface area contributed by atoms with E-state index in [0.717, 1.165) is 49.8 Å². The van der Waals surface area contributed by atoms with Crippen LogP contribution in [0.15, 0.2) is 138 Å². The molecule has 5 heteroatoms. The van der Waals surface area contributed by atoms with Gasteiger partial charge in [-0.1, -0.05) is 115 Å². The minimum Gasteiger partial charge on any atom is -0.500 e. The summed E-state index contributed by atoms with van der Waals surface area (Å²) >= 11 is 0. The first-order valence-electron chi connectivity index (χ1n) is 16.3. The molecule has 0 N–H and O–H groups in total. The molecule has 49 heavy (non-hydrogen) atoms. The largest absolute Gasteiger partial charge is 0.500 e. The number of fused-ring (bicyclic) bond motifs is 10. The maximum atomic E-state index is 6.68. The predicted molar refractivity (Wildman–Crippen MR) is 205 cm³/mol. The van der Waals surface area contributed by atoms with E-state index in [-0.39, 0.29) is 20.1 Å². The van der Waals surface area contributed by atoms with Gasteiger partial charge < -0.3 is 14.4 Å². The zero-order valence-electron chi connectivity index (χ0n) is 27.8.